The van der Waals surface area contributed by atoms with E-state index in [9.17, 15) is 9.18 Å². The highest BCUT2D eigenvalue weighted by Crippen LogP contribution is 2.32. The summed E-state index contributed by atoms with van der Waals surface area (Å²) in [4.78, 5) is 20.9. The number of hydrogen-bond donors (Lipinski definition) is 2. The maximum Gasteiger partial charge on any atom is 0.288 e. The van der Waals surface area contributed by atoms with Gasteiger partial charge in [-0.1, -0.05) is 23.7 Å². The number of hydrogen-bond acceptors (Lipinski definition) is 7. The molecule has 0 aliphatic carbocycles. The van der Waals surface area contributed by atoms with Gasteiger partial charge in [0.25, 0.3) is 5.91 Å². The van der Waals surface area contributed by atoms with Crippen LogP contribution in [0.4, 0.5) is 15.9 Å². The van der Waals surface area contributed by atoms with Gasteiger partial charge in [0.2, 0.25) is 0 Å². The van der Waals surface area contributed by atoms with Crippen molar-refractivity contribution >= 4 is 39.9 Å². The molecule has 2 aromatic heterocycles. The molecule has 0 saturated carbocycles. The van der Waals surface area contributed by atoms with Crippen LogP contribution in [0.3, 0.4) is 0 Å². The molecule has 8 nitrogen and oxygen atoms in total. The largest absolute Gasteiger partial charge is 0.487 e. The van der Waals surface area contributed by atoms with E-state index in [0.29, 0.717) is 33.6 Å². The second kappa shape index (κ2) is 11.3. The topological polar surface area (TPSA) is 98.5 Å². The third-order valence-corrected chi connectivity index (χ3v) is 5.90. The normalized spacial score (nSPS) is 10.9. The van der Waals surface area contributed by atoms with E-state index in [2.05, 4.69) is 20.6 Å². The molecular formula is C28H22ClFN4O4. The van der Waals surface area contributed by atoms with Crippen molar-refractivity contribution in [2.45, 2.75) is 6.61 Å². The summed E-state index contributed by atoms with van der Waals surface area (Å²) in [5.74, 6) is 1.04. The Labute approximate surface area is 222 Å². The predicted octanol–water partition coefficient (Wildman–Crippen LogP) is 6.34. The Bertz CT molecular complexity index is 1610. The fourth-order valence-electron chi connectivity index (χ4n) is 3.77. The Morgan fingerprint density at radius 3 is 2.76 bits per heavy atom. The van der Waals surface area contributed by atoms with Crippen molar-refractivity contribution in [3.05, 3.63) is 101 Å². The van der Waals surface area contributed by atoms with E-state index in [1.54, 1.807) is 36.4 Å². The predicted molar refractivity (Wildman–Crippen MR) is 142 cm³/mol. The van der Waals surface area contributed by atoms with Gasteiger partial charge in [0.15, 0.2) is 5.76 Å². The number of rotatable bonds is 9. The van der Waals surface area contributed by atoms with Crippen molar-refractivity contribution in [1.29, 1.82) is 0 Å². The van der Waals surface area contributed by atoms with Crippen LogP contribution in [-0.4, -0.2) is 29.7 Å². The molecular weight excluding hydrogens is 511 g/mol. The number of ether oxygens (including phenoxy) is 2. The molecule has 0 atom stereocenters. The van der Waals surface area contributed by atoms with Gasteiger partial charge in [0.05, 0.1) is 10.5 Å². The van der Waals surface area contributed by atoms with Crippen molar-refractivity contribution in [1.82, 2.24) is 15.3 Å². The quantitative estimate of drug-likeness (QED) is 0.214. The van der Waals surface area contributed by atoms with E-state index in [0.717, 1.165) is 16.5 Å². The summed E-state index contributed by atoms with van der Waals surface area (Å²) in [6, 6.07) is 20.4. The molecule has 1 amide bonds. The summed E-state index contributed by atoms with van der Waals surface area (Å²) in [7, 11) is 1.49. The number of halogens is 2. The molecule has 2 heterocycles. The number of nitrogens with zero attached hydrogens (tertiary/aromatic N) is 2. The van der Waals surface area contributed by atoms with Crippen molar-refractivity contribution in [3.8, 4) is 17.1 Å². The number of amides is 1. The molecule has 0 fully saturated rings. The molecule has 2 N–H and O–H groups in total. The molecule has 10 heteroatoms. The number of carbonyl (C=O) groups is 1. The Balaban J connectivity index is 1.35. The maximum atomic E-state index is 13.4. The average molecular weight is 533 g/mol. The highest BCUT2D eigenvalue weighted by atomic mass is 35.5. The van der Waals surface area contributed by atoms with Crippen LogP contribution in [0.25, 0.3) is 22.2 Å². The van der Waals surface area contributed by atoms with Crippen molar-refractivity contribution in [2.24, 2.45) is 0 Å². The fourth-order valence-corrected chi connectivity index (χ4v) is 4.00. The van der Waals surface area contributed by atoms with Gasteiger partial charge in [-0.05, 0) is 66.2 Å². The first-order valence-corrected chi connectivity index (χ1v) is 11.9. The average Bonchev–Trinajstić information content (AvgIpc) is 3.42. The third kappa shape index (κ3) is 5.74. The van der Waals surface area contributed by atoms with Crippen molar-refractivity contribution in [2.75, 3.05) is 19.2 Å². The molecule has 0 aliphatic heterocycles. The Morgan fingerprint density at radius 1 is 1.05 bits per heavy atom. The van der Waals surface area contributed by atoms with Crippen LogP contribution in [0, 0.1) is 5.82 Å². The zero-order valence-corrected chi connectivity index (χ0v) is 21.0. The second-order valence-electron chi connectivity index (χ2n) is 8.25. The molecule has 38 heavy (non-hydrogen) atoms. The van der Waals surface area contributed by atoms with Gasteiger partial charge in [-0.15, -0.1) is 0 Å². The SMILES string of the molecule is COCNC(=O)c1ccc(-c2ccc3ncnc(Nc4ccc(OCc5cccc(F)c5)c(Cl)c4)c3c2)o1. The van der Waals surface area contributed by atoms with Crippen LogP contribution in [0.2, 0.25) is 5.02 Å². The number of aromatic nitrogens is 2. The maximum absolute atomic E-state index is 13.4. The zero-order valence-electron chi connectivity index (χ0n) is 20.2. The highest BCUT2D eigenvalue weighted by Gasteiger charge is 2.14. The van der Waals surface area contributed by atoms with Gasteiger partial charge in [-0.2, -0.15) is 0 Å². The minimum absolute atomic E-state index is 0.0847. The molecule has 3 aromatic carbocycles. The number of furan rings is 1. The summed E-state index contributed by atoms with van der Waals surface area (Å²) >= 11 is 6.45. The number of carbonyl (C=O) groups excluding carboxylic acids is 1. The molecule has 0 bridgehead atoms. The summed E-state index contributed by atoms with van der Waals surface area (Å²) in [6.45, 7) is 0.271. The van der Waals surface area contributed by atoms with Crippen LogP contribution in [0.1, 0.15) is 16.1 Å². The number of nitrogens with one attached hydrogen (secondary N) is 2. The summed E-state index contributed by atoms with van der Waals surface area (Å²) in [6.07, 6.45) is 1.47. The van der Waals surface area contributed by atoms with Crippen LogP contribution >= 0.6 is 11.6 Å². The Hall–Kier alpha value is -4.47. The van der Waals surface area contributed by atoms with Gasteiger partial charge in [-0.25, -0.2) is 14.4 Å². The van der Waals surface area contributed by atoms with Crippen LogP contribution < -0.4 is 15.4 Å². The van der Waals surface area contributed by atoms with Crippen molar-refractivity contribution < 1.29 is 23.1 Å². The minimum Gasteiger partial charge on any atom is -0.487 e. The Kier molecular flexibility index (Phi) is 7.48. The summed E-state index contributed by atoms with van der Waals surface area (Å²) < 4.78 is 29.8. The lowest BCUT2D eigenvalue weighted by Gasteiger charge is -2.12. The van der Waals surface area contributed by atoms with E-state index >= 15 is 0 Å². The van der Waals surface area contributed by atoms with Gasteiger partial charge in [0.1, 0.15) is 42.8 Å². The third-order valence-electron chi connectivity index (χ3n) is 5.60. The first-order chi connectivity index (χ1) is 18.5. The molecule has 5 aromatic rings. The van der Waals surface area contributed by atoms with Crippen LogP contribution in [-0.2, 0) is 11.3 Å². The van der Waals surface area contributed by atoms with Gasteiger partial charge in [0, 0.05) is 23.7 Å². The number of fused-ring (bicyclic) bond motifs is 1. The zero-order chi connectivity index (χ0) is 26.5. The number of anilines is 2. The van der Waals surface area contributed by atoms with Crippen LogP contribution in [0.15, 0.2) is 83.5 Å². The number of benzene rings is 3. The molecule has 0 aliphatic rings. The monoisotopic (exact) mass is 532 g/mol. The van der Waals surface area contributed by atoms with E-state index in [4.69, 9.17) is 25.5 Å². The standard InChI is InChI=1S/C28H22ClFN4O4/c1-36-16-33-28(35)26-10-9-24(38-26)18-5-7-23-21(12-18)27(32-15-31-23)34-20-6-8-25(22(29)13-20)37-14-17-3-2-4-19(30)11-17/h2-13,15H,14,16H2,1H3,(H,33,35)(H,31,32,34). The minimum atomic E-state index is -0.371. The van der Waals surface area contributed by atoms with E-state index < -0.39 is 0 Å². The summed E-state index contributed by atoms with van der Waals surface area (Å²) in [5, 5.41) is 6.99. The molecule has 192 valence electrons. The first-order valence-electron chi connectivity index (χ1n) is 11.6. The molecule has 0 spiro atoms. The molecule has 0 radical (unpaired) electrons. The second-order valence-corrected chi connectivity index (χ2v) is 8.65. The molecule has 5 rings (SSSR count). The Morgan fingerprint density at radius 2 is 1.95 bits per heavy atom. The van der Waals surface area contributed by atoms with Crippen molar-refractivity contribution in [3.63, 3.8) is 0 Å². The van der Waals surface area contributed by atoms with Gasteiger partial charge >= 0.3 is 0 Å². The first kappa shape index (κ1) is 25.2. The lowest BCUT2D eigenvalue weighted by molar-refractivity contribution is 0.0845. The summed E-state index contributed by atoms with van der Waals surface area (Å²) in [5.41, 5.74) is 2.86. The van der Waals surface area contributed by atoms with Gasteiger partial charge < -0.3 is 24.5 Å². The lowest BCUT2D eigenvalue weighted by atomic mass is 10.1. The van der Waals surface area contributed by atoms with Crippen LogP contribution in [0.5, 0.6) is 5.75 Å². The smallest absolute Gasteiger partial charge is 0.288 e. The van der Waals surface area contributed by atoms with Gasteiger partial charge in [-0.3, -0.25) is 4.79 Å². The van der Waals surface area contributed by atoms with E-state index in [1.807, 2.05) is 24.3 Å². The van der Waals surface area contributed by atoms with E-state index in [1.165, 1.54) is 25.6 Å². The molecule has 0 unspecified atom stereocenters. The number of methoxy groups -OCH3 is 1. The lowest BCUT2D eigenvalue weighted by Crippen LogP contribution is -2.24. The highest BCUT2D eigenvalue weighted by molar-refractivity contribution is 6.32. The van der Waals surface area contributed by atoms with E-state index in [-0.39, 0.29) is 30.8 Å². The molecule has 0 saturated heterocycles. The fraction of sp³-hybridized carbons (Fsp3) is 0.107.